The maximum absolute atomic E-state index is 12.2. The van der Waals surface area contributed by atoms with Crippen LogP contribution in [0.1, 0.15) is 36.3 Å². The van der Waals surface area contributed by atoms with Crippen molar-refractivity contribution in [3.8, 4) is 0 Å². The molecular weight excluding hydrogens is 278 g/mol. The molecule has 0 unspecified atom stereocenters. The normalized spacial score (nSPS) is 17.1. The van der Waals surface area contributed by atoms with E-state index in [0.717, 1.165) is 48.7 Å². The van der Waals surface area contributed by atoms with Gasteiger partial charge in [-0.15, -0.1) is 10.2 Å². The number of carbonyl (C=O) groups is 1. The van der Waals surface area contributed by atoms with Gasteiger partial charge in [-0.3, -0.25) is 9.78 Å². The second-order valence-corrected chi connectivity index (χ2v) is 5.78. The fraction of sp³-hybridized carbons (Fsp3) is 0.500. The van der Waals surface area contributed by atoms with Gasteiger partial charge in [0.25, 0.3) is 0 Å². The van der Waals surface area contributed by atoms with Crippen LogP contribution >= 0.6 is 0 Å². The molecule has 1 aliphatic heterocycles. The number of aromatic nitrogens is 4. The Bertz CT molecular complexity index is 648. The Balaban J connectivity index is 1.59. The van der Waals surface area contributed by atoms with Crippen LogP contribution in [0.15, 0.2) is 18.3 Å². The quantitative estimate of drug-likeness (QED) is 0.921. The molecule has 3 heterocycles. The first kappa shape index (κ1) is 14.7. The summed E-state index contributed by atoms with van der Waals surface area (Å²) in [6.07, 6.45) is 4.79. The number of hydrogen-bond acceptors (Lipinski definition) is 4. The predicted octanol–water partition coefficient (Wildman–Crippen LogP) is 1.22. The Morgan fingerprint density at radius 3 is 3.00 bits per heavy atom. The number of nitrogens with one attached hydrogen (secondary N) is 1. The molecule has 2 aromatic rings. The highest BCUT2D eigenvalue weighted by Crippen LogP contribution is 2.15. The first-order valence-corrected chi connectivity index (χ1v) is 7.77. The Morgan fingerprint density at radius 2 is 2.27 bits per heavy atom. The van der Waals surface area contributed by atoms with Gasteiger partial charge in [0.1, 0.15) is 11.6 Å². The van der Waals surface area contributed by atoms with Gasteiger partial charge in [-0.1, -0.05) is 13.0 Å². The van der Waals surface area contributed by atoms with Crippen LogP contribution in [0, 0.1) is 6.92 Å². The van der Waals surface area contributed by atoms with Crippen molar-refractivity contribution in [2.75, 3.05) is 0 Å². The van der Waals surface area contributed by atoms with Crippen LogP contribution in [-0.2, 0) is 30.6 Å². The molecule has 0 aromatic carbocycles. The third-order valence-electron chi connectivity index (χ3n) is 4.04. The molecule has 1 amide bonds. The summed E-state index contributed by atoms with van der Waals surface area (Å²) in [5, 5.41) is 11.5. The van der Waals surface area contributed by atoms with Crippen LogP contribution in [0.25, 0.3) is 0 Å². The average molecular weight is 299 g/mol. The Morgan fingerprint density at radius 1 is 1.41 bits per heavy atom. The summed E-state index contributed by atoms with van der Waals surface area (Å²) in [6, 6.07) is 4.04. The van der Waals surface area contributed by atoms with E-state index in [-0.39, 0.29) is 11.9 Å². The fourth-order valence-electron chi connectivity index (χ4n) is 2.83. The molecule has 0 saturated heterocycles. The smallest absolute Gasteiger partial charge is 0.224 e. The number of fused-ring (bicyclic) bond motifs is 1. The summed E-state index contributed by atoms with van der Waals surface area (Å²) in [4.78, 5) is 16.4. The minimum Gasteiger partial charge on any atom is -0.351 e. The van der Waals surface area contributed by atoms with Gasteiger partial charge >= 0.3 is 0 Å². The number of amides is 1. The van der Waals surface area contributed by atoms with Gasteiger partial charge < -0.3 is 9.88 Å². The van der Waals surface area contributed by atoms with E-state index in [9.17, 15) is 4.79 Å². The standard InChI is InChI=1S/C16H21N5O/c1-3-14-19-20-15-7-6-13(10-21(14)15)18-16(22)8-12-5-4-11(2)17-9-12/h4-5,9,13H,3,6-8,10H2,1-2H3,(H,18,22)/t13-/m0/s1. The van der Waals surface area contributed by atoms with Crippen molar-refractivity contribution in [1.82, 2.24) is 25.1 Å². The Kier molecular flexibility index (Phi) is 4.18. The largest absolute Gasteiger partial charge is 0.351 e. The monoisotopic (exact) mass is 299 g/mol. The van der Waals surface area contributed by atoms with Gasteiger partial charge in [0, 0.05) is 37.3 Å². The van der Waals surface area contributed by atoms with Crippen molar-refractivity contribution in [3.05, 3.63) is 41.2 Å². The molecule has 0 spiro atoms. The lowest BCUT2D eigenvalue weighted by molar-refractivity contribution is -0.121. The second kappa shape index (κ2) is 6.25. The number of pyridine rings is 1. The molecule has 1 N–H and O–H groups in total. The molecule has 3 rings (SSSR count). The van der Waals surface area contributed by atoms with Crippen LogP contribution in [0.3, 0.4) is 0 Å². The van der Waals surface area contributed by atoms with Crippen LogP contribution in [0.2, 0.25) is 0 Å². The molecule has 0 radical (unpaired) electrons. The Labute approximate surface area is 130 Å². The maximum atomic E-state index is 12.2. The number of nitrogens with zero attached hydrogens (tertiary/aromatic N) is 4. The summed E-state index contributed by atoms with van der Waals surface area (Å²) in [5.41, 5.74) is 1.90. The van der Waals surface area contributed by atoms with Crippen molar-refractivity contribution in [2.45, 2.75) is 52.1 Å². The highest BCUT2D eigenvalue weighted by Gasteiger charge is 2.23. The van der Waals surface area contributed by atoms with E-state index >= 15 is 0 Å². The van der Waals surface area contributed by atoms with E-state index < -0.39 is 0 Å². The topological polar surface area (TPSA) is 72.7 Å². The Hall–Kier alpha value is -2.24. The minimum absolute atomic E-state index is 0.0465. The van der Waals surface area contributed by atoms with Crippen LogP contribution in [0.5, 0.6) is 0 Å². The van der Waals surface area contributed by atoms with Gasteiger partial charge in [0.15, 0.2) is 0 Å². The van der Waals surface area contributed by atoms with E-state index in [2.05, 4.69) is 32.0 Å². The van der Waals surface area contributed by atoms with E-state index in [0.29, 0.717) is 6.42 Å². The molecule has 116 valence electrons. The first-order valence-electron chi connectivity index (χ1n) is 7.77. The van der Waals surface area contributed by atoms with Crippen LogP contribution in [0.4, 0.5) is 0 Å². The molecule has 6 nitrogen and oxygen atoms in total. The maximum Gasteiger partial charge on any atom is 0.224 e. The zero-order valence-electron chi connectivity index (χ0n) is 13.0. The van der Waals surface area contributed by atoms with E-state index in [1.165, 1.54) is 0 Å². The lowest BCUT2D eigenvalue weighted by Gasteiger charge is -2.25. The second-order valence-electron chi connectivity index (χ2n) is 5.78. The van der Waals surface area contributed by atoms with E-state index in [4.69, 9.17) is 0 Å². The number of aryl methyl sites for hydroxylation is 3. The van der Waals surface area contributed by atoms with Crippen molar-refractivity contribution in [3.63, 3.8) is 0 Å². The lowest BCUT2D eigenvalue weighted by atomic mass is 10.1. The predicted molar refractivity (Wildman–Crippen MR) is 82.3 cm³/mol. The molecular formula is C16H21N5O. The molecule has 22 heavy (non-hydrogen) atoms. The molecule has 2 aromatic heterocycles. The van der Waals surface area contributed by atoms with Gasteiger partial charge in [-0.05, 0) is 25.0 Å². The highest BCUT2D eigenvalue weighted by molar-refractivity contribution is 5.78. The van der Waals surface area contributed by atoms with Crippen molar-refractivity contribution in [1.29, 1.82) is 0 Å². The summed E-state index contributed by atoms with van der Waals surface area (Å²) >= 11 is 0. The van der Waals surface area contributed by atoms with Crippen LogP contribution < -0.4 is 5.32 Å². The third-order valence-corrected chi connectivity index (χ3v) is 4.04. The van der Waals surface area contributed by atoms with Gasteiger partial charge in [-0.25, -0.2) is 0 Å². The van der Waals surface area contributed by atoms with Gasteiger partial charge in [-0.2, -0.15) is 0 Å². The van der Waals surface area contributed by atoms with Crippen molar-refractivity contribution >= 4 is 5.91 Å². The molecule has 1 atom stereocenters. The molecule has 0 fully saturated rings. The van der Waals surface area contributed by atoms with E-state index in [1.807, 2.05) is 19.1 Å². The number of hydrogen-bond donors (Lipinski definition) is 1. The lowest BCUT2D eigenvalue weighted by Crippen LogP contribution is -2.42. The third kappa shape index (κ3) is 3.16. The SMILES string of the molecule is CCc1nnc2n1C[C@@H](NC(=O)Cc1ccc(C)nc1)CC2. The van der Waals surface area contributed by atoms with Crippen LogP contribution in [-0.4, -0.2) is 31.7 Å². The van der Waals surface area contributed by atoms with Crippen molar-refractivity contribution < 1.29 is 4.79 Å². The number of rotatable bonds is 4. The van der Waals surface area contributed by atoms with Gasteiger partial charge in [0.2, 0.25) is 5.91 Å². The van der Waals surface area contributed by atoms with Gasteiger partial charge in [0.05, 0.1) is 6.42 Å². The summed E-state index contributed by atoms with van der Waals surface area (Å²) in [6.45, 7) is 4.78. The number of carbonyl (C=O) groups excluding carboxylic acids is 1. The minimum atomic E-state index is 0.0465. The van der Waals surface area contributed by atoms with Crippen molar-refractivity contribution in [2.24, 2.45) is 0 Å². The summed E-state index contributed by atoms with van der Waals surface area (Å²) in [7, 11) is 0. The summed E-state index contributed by atoms with van der Waals surface area (Å²) < 4.78 is 2.14. The molecule has 0 aliphatic carbocycles. The molecule has 0 bridgehead atoms. The molecule has 6 heteroatoms. The highest BCUT2D eigenvalue weighted by atomic mass is 16.1. The molecule has 0 saturated carbocycles. The zero-order chi connectivity index (χ0) is 15.5. The first-order chi connectivity index (χ1) is 10.7. The van der Waals surface area contributed by atoms with E-state index in [1.54, 1.807) is 6.20 Å². The fourth-order valence-corrected chi connectivity index (χ4v) is 2.83. The average Bonchev–Trinajstić information content (AvgIpc) is 2.92. The molecule has 1 aliphatic rings. The zero-order valence-corrected chi connectivity index (χ0v) is 13.0. The summed E-state index contributed by atoms with van der Waals surface area (Å²) in [5.74, 6) is 2.08.